The van der Waals surface area contributed by atoms with E-state index in [1.165, 1.54) is 16.0 Å². The Labute approximate surface area is 251 Å². The molecule has 1 amide bonds. The maximum atomic E-state index is 13.1. The summed E-state index contributed by atoms with van der Waals surface area (Å²) in [5, 5.41) is 33.5. The number of carbonyl (C=O) groups is 2. The van der Waals surface area contributed by atoms with Gasteiger partial charge in [-0.3, -0.25) is 4.79 Å². The lowest BCUT2D eigenvalue weighted by Gasteiger charge is -2.45. The molecule has 2 aliphatic carbocycles. The third-order valence-corrected chi connectivity index (χ3v) is 10.3. The van der Waals surface area contributed by atoms with Gasteiger partial charge in [0.25, 0.3) is 0 Å². The number of carbonyl (C=O) groups excluding carboxylic acids is 1. The van der Waals surface area contributed by atoms with E-state index in [4.69, 9.17) is 16.3 Å². The van der Waals surface area contributed by atoms with Crippen LogP contribution in [0, 0.1) is 11.8 Å². The van der Waals surface area contributed by atoms with E-state index in [-0.39, 0.29) is 22.8 Å². The van der Waals surface area contributed by atoms with Gasteiger partial charge in [-0.1, -0.05) is 35.9 Å². The van der Waals surface area contributed by atoms with Crippen LogP contribution in [0.1, 0.15) is 55.2 Å². The lowest BCUT2D eigenvalue weighted by Crippen LogP contribution is -2.49. The summed E-state index contributed by atoms with van der Waals surface area (Å²) in [6.45, 7) is 2.11. The molecule has 8 nitrogen and oxygen atoms in total. The Morgan fingerprint density at radius 3 is 2.76 bits per heavy atom. The molecule has 1 fully saturated rings. The van der Waals surface area contributed by atoms with Gasteiger partial charge in [-0.25, -0.2) is 4.79 Å². The first-order valence-corrected chi connectivity index (χ1v) is 15.3. The Morgan fingerprint density at radius 2 is 2.00 bits per heavy atom. The number of aliphatic carboxylic acids is 1. The van der Waals surface area contributed by atoms with Crippen LogP contribution in [0.25, 0.3) is 0 Å². The van der Waals surface area contributed by atoms with Crippen molar-refractivity contribution in [2.45, 2.75) is 62.1 Å². The van der Waals surface area contributed by atoms with Crippen molar-refractivity contribution in [2.24, 2.45) is 11.8 Å². The van der Waals surface area contributed by atoms with Gasteiger partial charge in [0.05, 0.1) is 24.8 Å². The van der Waals surface area contributed by atoms with E-state index in [0.29, 0.717) is 49.1 Å². The molecule has 0 aromatic heterocycles. The topological polar surface area (TPSA) is 111 Å². The van der Waals surface area contributed by atoms with Gasteiger partial charge >= 0.3 is 5.97 Å². The SMILES string of the molecule is CN1CC/C=C/[C@@H](O)[C@@H]2CC[C@H]2CN2C[C@]3(CCCc4cc(Cl)ccc43)COc3ccc(cc32)[C@](O)(C(=O)O)CC1=O. The van der Waals surface area contributed by atoms with E-state index < -0.39 is 30.0 Å². The summed E-state index contributed by atoms with van der Waals surface area (Å²) in [5.74, 6) is -0.985. The van der Waals surface area contributed by atoms with Gasteiger partial charge in [-0.15, -0.1) is 0 Å². The number of amides is 1. The monoisotopic (exact) mass is 594 g/mol. The first-order valence-electron chi connectivity index (χ1n) is 15.0. The minimum absolute atomic E-state index is 0.105. The standard InChI is InChI=1S/C33H39ClN2O6/c1-35-14-3-2-6-28(37)25-10-7-22(25)18-36-19-32(13-4-5-21-15-24(34)9-11-26(21)32)20-42-29-12-8-23(16-27(29)36)33(41,31(39)40)17-30(35)38/h2,6,8-9,11-12,15-16,22,25,28,37,41H,3-5,7,10,13-14,17-20H2,1H3,(H,39,40)/b6-2+/t22-,25+,28+,32+,33-/m0/s1. The zero-order valence-corrected chi connectivity index (χ0v) is 24.7. The predicted octanol–water partition coefficient (Wildman–Crippen LogP) is 4.28. The number of aryl methyl sites for hydroxylation is 1. The van der Waals surface area contributed by atoms with Crippen LogP contribution in [-0.4, -0.2) is 71.5 Å². The Kier molecular flexibility index (Phi) is 7.75. The Morgan fingerprint density at radius 1 is 1.17 bits per heavy atom. The number of benzene rings is 2. The fourth-order valence-corrected chi connectivity index (χ4v) is 7.55. The van der Waals surface area contributed by atoms with Crippen molar-refractivity contribution in [3.05, 3.63) is 70.3 Å². The fraction of sp³-hybridized carbons (Fsp3) is 0.515. The number of carboxylic acids is 1. The second-order valence-electron chi connectivity index (χ2n) is 12.7. The number of nitrogens with zero attached hydrogens (tertiary/aromatic N) is 2. The summed E-state index contributed by atoms with van der Waals surface area (Å²) in [7, 11) is 1.60. The molecule has 224 valence electrons. The lowest BCUT2D eigenvalue weighted by atomic mass is 9.68. The van der Waals surface area contributed by atoms with Crippen LogP contribution in [0.4, 0.5) is 5.69 Å². The number of hydrogen-bond donors (Lipinski definition) is 3. The smallest absolute Gasteiger partial charge is 0.340 e. The first kappa shape index (κ1) is 29.0. The van der Waals surface area contributed by atoms with Crippen LogP contribution in [0.3, 0.4) is 0 Å². The van der Waals surface area contributed by atoms with E-state index in [9.17, 15) is 24.9 Å². The van der Waals surface area contributed by atoms with Crippen molar-refractivity contribution in [1.82, 2.24) is 4.90 Å². The zero-order chi connectivity index (χ0) is 29.6. The third kappa shape index (κ3) is 5.18. The lowest BCUT2D eigenvalue weighted by molar-refractivity contribution is -0.164. The highest BCUT2D eigenvalue weighted by Crippen LogP contribution is 2.47. The van der Waals surface area contributed by atoms with Gasteiger partial charge in [0.15, 0.2) is 5.60 Å². The van der Waals surface area contributed by atoms with Crippen LogP contribution in [-0.2, 0) is 27.0 Å². The molecule has 1 saturated carbocycles. The molecule has 6 rings (SSSR count). The summed E-state index contributed by atoms with van der Waals surface area (Å²) >= 11 is 6.38. The van der Waals surface area contributed by atoms with E-state index in [2.05, 4.69) is 11.0 Å². The number of aliphatic hydroxyl groups excluding tert-OH is 1. The van der Waals surface area contributed by atoms with Crippen LogP contribution in [0.5, 0.6) is 5.75 Å². The zero-order valence-electron chi connectivity index (χ0n) is 24.0. The third-order valence-electron chi connectivity index (χ3n) is 10.0. The summed E-state index contributed by atoms with van der Waals surface area (Å²) in [4.78, 5) is 29.3. The number of halogens is 1. The minimum atomic E-state index is -2.40. The van der Waals surface area contributed by atoms with Crippen LogP contribution in [0.2, 0.25) is 5.02 Å². The largest absolute Gasteiger partial charge is 0.490 e. The van der Waals surface area contributed by atoms with Gasteiger partial charge in [-0.2, -0.15) is 0 Å². The molecule has 2 aliphatic heterocycles. The number of rotatable bonds is 1. The van der Waals surface area contributed by atoms with Crippen LogP contribution in [0.15, 0.2) is 48.6 Å². The maximum absolute atomic E-state index is 13.1. The quantitative estimate of drug-likeness (QED) is 0.423. The van der Waals surface area contributed by atoms with E-state index in [1.807, 2.05) is 24.3 Å². The fourth-order valence-electron chi connectivity index (χ4n) is 7.35. The number of carboxylic acid groups (broad SMARTS) is 1. The average Bonchev–Trinajstić information content (AvgIpc) is 3.09. The van der Waals surface area contributed by atoms with Crippen molar-refractivity contribution in [1.29, 1.82) is 0 Å². The van der Waals surface area contributed by atoms with E-state index in [1.54, 1.807) is 25.2 Å². The highest BCUT2D eigenvalue weighted by atomic mass is 35.5. The highest BCUT2D eigenvalue weighted by molar-refractivity contribution is 6.30. The second-order valence-corrected chi connectivity index (χ2v) is 13.1. The van der Waals surface area contributed by atoms with Crippen molar-refractivity contribution in [2.75, 3.05) is 38.2 Å². The molecule has 2 aromatic rings. The molecule has 0 radical (unpaired) electrons. The maximum Gasteiger partial charge on any atom is 0.340 e. The van der Waals surface area contributed by atoms with Crippen molar-refractivity contribution in [3.8, 4) is 5.75 Å². The van der Waals surface area contributed by atoms with Gasteiger partial charge < -0.3 is 29.9 Å². The molecule has 5 atom stereocenters. The van der Waals surface area contributed by atoms with Crippen molar-refractivity contribution < 1.29 is 29.6 Å². The number of aliphatic hydroxyl groups is 2. The molecule has 3 N–H and O–H groups in total. The summed E-state index contributed by atoms with van der Waals surface area (Å²) in [5.41, 5.74) is 0.594. The number of ether oxygens (including phenoxy) is 1. The number of fused-ring (bicyclic) bond motifs is 4. The molecular formula is C33H39ClN2O6. The highest BCUT2D eigenvalue weighted by Gasteiger charge is 2.46. The minimum Gasteiger partial charge on any atom is -0.490 e. The van der Waals surface area contributed by atoms with E-state index in [0.717, 1.165) is 32.1 Å². The normalized spacial score (nSPS) is 32.2. The molecule has 0 saturated heterocycles. The number of hydrogen-bond acceptors (Lipinski definition) is 6. The molecule has 42 heavy (non-hydrogen) atoms. The van der Waals surface area contributed by atoms with Crippen LogP contribution < -0.4 is 9.64 Å². The predicted molar refractivity (Wildman–Crippen MR) is 160 cm³/mol. The molecule has 2 heterocycles. The molecule has 4 aliphatic rings. The average molecular weight is 595 g/mol. The summed E-state index contributed by atoms with van der Waals surface area (Å²) in [6.07, 6.45) is 7.86. The van der Waals surface area contributed by atoms with Gasteiger partial charge in [-0.05, 0) is 91.3 Å². The van der Waals surface area contributed by atoms with Crippen LogP contribution >= 0.6 is 11.6 Å². The van der Waals surface area contributed by atoms with Gasteiger partial charge in [0, 0.05) is 37.1 Å². The van der Waals surface area contributed by atoms with Crippen molar-refractivity contribution in [3.63, 3.8) is 0 Å². The molecule has 1 spiro atoms. The van der Waals surface area contributed by atoms with Crippen molar-refractivity contribution >= 4 is 29.2 Å². The van der Waals surface area contributed by atoms with E-state index >= 15 is 0 Å². The van der Waals surface area contributed by atoms with Gasteiger partial charge in [0.1, 0.15) is 5.75 Å². The Balaban J connectivity index is 1.46. The Bertz CT molecular complexity index is 1410. The van der Waals surface area contributed by atoms with Gasteiger partial charge in [0.2, 0.25) is 5.91 Å². The molecular weight excluding hydrogens is 556 g/mol. The second kappa shape index (κ2) is 11.2. The number of anilines is 1. The first-order chi connectivity index (χ1) is 20.1. The molecule has 2 bridgehead atoms. The Hall–Kier alpha value is -3.07. The summed E-state index contributed by atoms with van der Waals surface area (Å²) in [6, 6.07) is 11.1. The summed E-state index contributed by atoms with van der Waals surface area (Å²) < 4.78 is 6.52. The molecule has 9 heteroatoms. The molecule has 2 aromatic carbocycles. The molecule has 0 unspecified atom stereocenters.